The van der Waals surface area contributed by atoms with Crippen LogP contribution in [-0.4, -0.2) is 45.6 Å². The van der Waals surface area contributed by atoms with Gasteiger partial charge in [0.15, 0.2) is 5.69 Å². The quantitative estimate of drug-likeness (QED) is 0.412. The average molecular weight is 541 g/mol. The van der Waals surface area contributed by atoms with E-state index in [1.54, 1.807) is 6.92 Å². The zero-order valence-corrected chi connectivity index (χ0v) is 21.0. The summed E-state index contributed by atoms with van der Waals surface area (Å²) in [6, 6.07) is 5.02. The van der Waals surface area contributed by atoms with Gasteiger partial charge in [-0.15, -0.1) is 10.2 Å². The fourth-order valence-corrected chi connectivity index (χ4v) is 4.28. The number of ether oxygens (including phenoxy) is 1. The van der Waals surface area contributed by atoms with Crippen LogP contribution < -0.4 is 5.56 Å². The van der Waals surface area contributed by atoms with E-state index in [2.05, 4.69) is 26.2 Å². The summed E-state index contributed by atoms with van der Waals surface area (Å²) in [4.78, 5) is 38.9. The minimum absolute atomic E-state index is 0.0320. The molecule has 1 aliphatic rings. The van der Waals surface area contributed by atoms with Gasteiger partial charge in [0.2, 0.25) is 5.88 Å². The number of nitrogens with zero attached hydrogens (tertiary/aromatic N) is 6. The molecule has 0 atom stereocenters. The number of carbonyl (C=O) groups excluding carboxylic acids is 2. The highest BCUT2D eigenvalue weighted by atomic mass is 79.9. The van der Waals surface area contributed by atoms with E-state index in [-0.39, 0.29) is 69.5 Å². The number of hydrogen-bond acceptors (Lipinski definition) is 9. The van der Waals surface area contributed by atoms with E-state index in [9.17, 15) is 30.0 Å². The molecule has 0 bridgehead atoms. The van der Waals surface area contributed by atoms with Crippen LogP contribution in [0.4, 0.5) is 11.4 Å². The van der Waals surface area contributed by atoms with Crippen LogP contribution in [0.5, 0.6) is 5.88 Å². The molecule has 1 aromatic heterocycles. The molecule has 1 aromatic carbocycles. The van der Waals surface area contributed by atoms with E-state index in [0.29, 0.717) is 0 Å². The summed E-state index contributed by atoms with van der Waals surface area (Å²) in [5.41, 5.74) is -0.928. The van der Waals surface area contributed by atoms with Crippen LogP contribution in [-0.2, 0) is 11.3 Å². The predicted octanol–water partition coefficient (Wildman–Crippen LogP) is 3.82. The molecule has 35 heavy (non-hydrogen) atoms. The van der Waals surface area contributed by atoms with Crippen molar-refractivity contribution in [2.24, 2.45) is 10.2 Å². The van der Waals surface area contributed by atoms with Crippen LogP contribution >= 0.6 is 15.9 Å². The summed E-state index contributed by atoms with van der Waals surface area (Å²) in [5, 5.41) is 38.0. The average Bonchev–Trinajstić information content (AvgIpc) is 3.06. The van der Waals surface area contributed by atoms with E-state index >= 15 is 0 Å². The zero-order valence-electron chi connectivity index (χ0n) is 19.4. The van der Waals surface area contributed by atoms with Gasteiger partial charge in [-0.1, -0.05) is 0 Å². The van der Waals surface area contributed by atoms with Gasteiger partial charge in [-0.3, -0.25) is 23.9 Å². The maximum atomic E-state index is 12.7. The molecule has 180 valence electrons. The number of halogens is 1. The lowest BCUT2D eigenvalue weighted by molar-refractivity contribution is 0.0662. The van der Waals surface area contributed by atoms with Crippen LogP contribution in [0.15, 0.2) is 25.6 Å². The van der Waals surface area contributed by atoms with E-state index in [1.165, 1.54) is 13.0 Å². The number of amides is 2. The SMILES string of the molecule is CCN1C(=O)c2cc(C#N)c(/N=N/c3c(C)c(C#N)c(=O)n(CCOC(C)C)c3O)c(Br)c2C1=O. The molecule has 1 N–H and O–H groups in total. The van der Waals surface area contributed by atoms with Crippen molar-refractivity contribution in [1.82, 2.24) is 9.47 Å². The van der Waals surface area contributed by atoms with E-state index in [4.69, 9.17) is 4.74 Å². The van der Waals surface area contributed by atoms with Crippen molar-refractivity contribution in [3.05, 3.63) is 48.7 Å². The molecular formula is C23H21BrN6O5. The minimum Gasteiger partial charge on any atom is -0.493 e. The number of rotatable bonds is 7. The van der Waals surface area contributed by atoms with Crippen molar-refractivity contribution in [1.29, 1.82) is 10.5 Å². The van der Waals surface area contributed by atoms with Gasteiger partial charge in [0.25, 0.3) is 17.4 Å². The van der Waals surface area contributed by atoms with Crippen LogP contribution in [0.2, 0.25) is 0 Å². The Morgan fingerprint density at radius 1 is 1.14 bits per heavy atom. The van der Waals surface area contributed by atoms with Crippen molar-refractivity contribution >= 4 is 39.1 Å². The lowest BCUT2D eigenvalue weighted by atomic mass is 10.0. The number of aromatic hydroxyl groups is 1. The number of pyridine rings is 1. The van der Waals surface area contributed by atoms with Crippen molar-refractivity contribution < 1.29 is 19.4 Å². The topological polar surface area (TPSA) is 161 Å². The molecule has 0 unspecified atom stereocenters. The number of benzene rings is 1. The van der Waals surface area contributed by atoms with Gasteiger partial charge in [-0.2, -0.15) is 10.5 Å². The summed E-state index contributed by atoms with van der Waals surface area (Å²) >= 11 is 3.27. The van der Waals surface area contributed by atoms with Gasteiger partial charge in [-0.25, -0.2) is 0 Å². The minimum atomic E-state index is -0.700. The van der Waals surface area contributed by atoms with Gasteiger partial charge in [-0.05, 0) is 49.7 Å². The standard InChI is InChI=1S/C23H21BrN6O5/c1-5-29-20(31)14-8-13(9-25)19(17(24)16(14)22(29)33)28-27-18-12(4)15(10-26)21(32)30(23(18)34)6-7-35-11(2)3/h8,11,34H,5-7H2,1-4H3/b28-27+. The summed E-state index contributed by atoms with van der Waals surface area (Å²) in [7, 11) is 0. The number of nitriles is 2. The third kappa shape index (κ3) is 4.46. The second-order valence-electron chi connectivity index (χ2n) is 7.84. The van der Waals surface area contributed by atoms with Crippen LogP contribution in [0.1, 0.15) is 58.2 Å². The van der Waals surface area contributed by atoms with Gasteiger partial charge in [0, 0.05) is 12.1 Å². The molecule has 0 spiro atoms. The summed E-state index contributed by atoms with van der Waals surface area (Å²) in [6.45, 7) is 6.96. The van der Waals surface area contributed by atoms with Crippen molar-refractivity contribution in [2.75, 3.05) is 13.2 Å². The lowest BCUT2D eigenvalue weighted by Crippen LogP contribution is -2.29. The lowest BCUT2D eigenvalue weighted by Gasteiger charge is -2.14. The highest BCUT2D eigenvalue weighted by Gasteiger charge is 2.38. The maximum absolute atomic E-state index is 12.7. The molecule has 2 amide bonds. The summed E-state index contributed by atoms with van der Waals surface area (Å²) < 4.78 is 6.50. The number of fused-ring (bicyclic) bond motifs is 1. The molecule has 11 nitrogen and oxygen atoms in total. The second-order valence-corrected chi connectivity index (χ2v) is 8.63. The van der Waals surface area contributed by atoms with E-state index in [0.717, 1.165) is 9.47 Å². The largest absolute Gasteiger partial charge is 0.493 e. The molecule has 2 heterocycles. The van der Waals surface area contributed by atoms with E-state index in [1.807, 2.05) is 26.0 Å². The first-order valence-electron chi connectivity index (χ1n) is 10.6. The first-order chi connectivity index (χ1) is 16.6. The van der Waals surface area contributed by atoms with Gasteiger partial charge in [0.05, 0.1) is 40.4 Å². The number of aromatic nitrogens is 1. The Bertz CT molecular complexity index is 1410. The van der Waals surface area contributed by atoms with Gasteiger partial charge < -0.3 is 9.84 Å². The maximum Gasteiger partial charge on any atom is 0.271 e. The summed E-state index contributed by atoms with van der Waals surface area (Å²) in [5.74, 6) is -1.58. The molecular weight excluding hydrogens is 520 g/mol. The van der Waals surface area contributed by atoms with Crippen LogP contribution in [0.25, 0.3) is 0 Å². The monoisotopic (exact) mass is 540 g/mol. The zero-order chi connectivity index (χ0) is 26.0. The third-order valence-electron chi connectivity index (χ3n) is 5.40. The Hall–Kier alpha value is -3.87. The Kier molecular flexibility index (Phi) is 7.48. The smallest absolute Gasteiger partial charge is 0.271 e. The highest BCUT2D eigenvalue weighted by molar-refractivity contribution is 9.10. The molecule has 0 radical (unpaired) electrons. The van der Waals surface area contributed by atoms with E-state index < -0.39 is 23.3 Å². The fourth-order valence-electron chi connectivity index (χ4n) is 3.60. The molecule has 12 heteroatoms. The Balaban J connectivity index is 2.16. The highest BCUT2D eigenvalue weighted by Crippen LogP contribution is 2.41. The molecule has 3 rings (SSSR count). The molecule has 2 aromatic rings. The number of hydrogen-bond donors (Lipinski definition) is 1. The van der Waals surface area contributed by atoms with Crippen LogP contribution in [0.3, 0.4) is 0 Å². The van der Waals surface area contributed by atoms with Crippen LogP contribution in [0, 0.1) is 29.6 Å². The van der Waals surface area contributed by atoms with Crippen molar-refractivity contribution in [3.8, 4) is 18.0 Å². The molecule has 0 saturated carbocycles. The first kappa shape index (κ1) is 25.7. The normalized spacial score (nSPS) is 13.0. The Morgan fingerprint density at radius 3 is 2.37 bits per heavy atom. The fraction of sp³-hybridized carbons (Fsp3) is 0.348. The molecule has 1 aliphatic heterocycles. The number of carbonyl (C=O) groups is 2. The Labute approximate surface area is 209 Å². The second kappa shape index (κ2) is 10.2. The Morgan fingerprint density at radius 2 is 1.80 bits per heavy atom. The summed E-state index contributed by atoms with van der Waals surface area (Å²) in [6.07, 6.45) is -0.104. The molecule has 0 saturated heterocycles. The predicted molar refractivity (Wildman–Crippen MR) is 127 cm³/mol. The number of imide groups is 1. The molecule has 0 fully saturated rings. The first-order valence-corrected chi connectivity index (χ1v) is 11.4. The van der Waals surface area contributed by atoms with Gasteiger partial charge >= 0.3 is 0 Å². The van der Waals surface area contributed by atoms with Crippen molar-refractivity contribution in [2.45, 2.75) is 40.3 Å². The van der Waals surface area contributed by atoms with Crippen molar-refractivity contribution in [3.63, 3.8) is 0 Å². The molecule has 0 aliphatic carbocycles. The van der Waals surface area contributed by atoms with Gasteiger partial charge in [0.1, 0.15) is 23.4 Å². The number of azo groups is 1. The third-order valence-corrected chi connectivity index (χ3v) is 6.17.